The molecule has 8 heteroatoms. The Morgan fingerprint density at radius 1 is 1.07 bits per heavy atom. The molecule has 0 bridgehead atoms. The van der Waals surface area contributed by atoms with Gasteiger partial charge in [0, 0.05) is 24.0 Å². The zero-order valence-corrected chi connectivity index (χ0v) is 18.8. The van der Waals surface area contributed by atoms with Gasteiger partial charge in [0.05, 0.1) is 21.5 Å². The molecular weight excluding hydrogens is 440 g/mol. The summed E-state index contributed by atoms with van der Waals surface area (Å²) in [5.74, 6) is -0.209. The fourth-order valence-electron chi connectivity index (χ4n) is 2.89. The van der Waals surface area contributed by atoms with Crippen LogP contribution in [0.15, 0.2) is 84.3 Å². The van der Waals surface area contributed by atoms with Crippen molar-refractivity contribution in [2.24, 2.45) is 0 Å². The molecule has 3 rings (SSSR count). The number of benzene rings is 2. The number of halogens is 1. The van der Waals surface area contributed by atoms with Crippen molar-refractivity contribution in [3.63, 3.8) is 0 Å². The second-order valence-electron chi connectivity index (χ2n) is 6.51. The van der Waals surface area contributed by atoms with E-state index in [1.165, 1.54) is 47.0 Å². The lowest BCUT2D eigenvalue weighted by atomic mass is 10.2. The van der Waals surface area contributed by atoms with E-state index in [1.54, 1.807) is 41.3 Å². The van der Waals surface area contributed by atoms with Gasteiger partial charge in [-0.2, -0.15) is 0 Å². The molecular formula is C22H21ClN2O3S2. The summed E-state index contributed by atoms with van der Waals surface area (Å²) in [4.78, 5) is 15.7. The number of hydrogen-bond acceptors (Lipinski definition) is 4. The lowest BCUT2D eigenvalue weighted by Gasteiger charge is -2.21. The van der Waals surface area contributed by atoms with Gasteiger partial charge in [0.25, 0.3) is 15.9 Å². The van der Waals surface area contributed by atoms with Crippen LogP contribution in [0.25, 0.3) is 0 Å². The number of thiophene rings is 1. The first kappa shape index (κ1) is 22.1. The van der Waals surface area contributed by atoms with Crippen molar-refractivity contribution in [1.82, 2.24) is 4.90 Å². The molecule has 0 saturated carbocycles. The standard InChI is InChI=1S/C22H21ClN2O3S2/c1-3-15-25(16-19-11-14-21(23)29-19)22(26)17-9-12-20(13-10-17)30(27,28)24(2)18-7-5-4-6-8-18/h3-14H,1,15-16H2,2H3. The van der Waals surface area contributed by atoms with Gasteiger partial charge in [-0.3, -0.25) is 9.10 Å². The van der Waals surface area contributed by atoms with Crippen LogP contribution >= 0.6 is 22.9 Å². The lowest BCUT2D eigenvalue weighted by Crippen LogP contribution is -2.30. The van der Waals surface area contributed by atoms with Gasteiger partial charge in [-0.25, -0.2) is 8.42 Å². The summed E-state index contributed by atoms with van der Waals surface area (Å²) in [6.45, 7) is 4.48. The first-order chi connectivity index (χ1) is 14.3. The Kier molecular flexibility index (Phi) is 6.97. The average Bonchev–Trinajstić information content (AvgIpc) is 3.17. The minimum atomic E-state index is -3.73. The van der Waals surface area contributed by atoms with Gasteiger partial charge >= 0.3 is 0 Å². The zero-order chi connectivity index (χ0) is 21.7. The molecule has 0 unspecified atom stereocenters. The predicted octanol–water partition coefficient (Wildman–Crippen LogP) is 5.06. The summed E-state index contributed by atoms with van der Waals surface area (Å²) in [5.41, 5.74) is 0.963. The maximum atomic E-state index is 13.0. The molecule has 1 heterocycles. The van der Waals surface area contributed by atoms with Gasteiger partial charge in [-0.05, 0) is 48.5 Å². The van der Waals surface area contributed by atoms with Crippen LogP contribution in [0.5, 0.6) is 0 Å². The van der Waals surface area contributed by atoms with Crippen LogP contribution in [-0.2, 0) is 16.6 Å². The van der Waals surface area contributed by atoms with Gasteiger partial charge in [0.1, 0.15) is 0 Å². The molecule has 0 radical (unpaired) electrons. The summed E-state index contributed by atoms with van der Waals surface area (Å²) in [6, 6.07) is 18.5. The molecule has 0 aliphatic carbocycles. The fourth-order valence-corrected chi connectivity index (χ4v) is 5.19. The Morgan fingerprint density at radius 3 is 2.30 bits per heavy atom. The number of hydrogen-bond donors (Lipinski definition) is 0. The number of carbonyl (C=O) groups is 1. The summed E-state index contributed by atoms with van der Waals surface area (Å²) in [7, 11) is -2.23. The number of anilines is 1. The summed E-state index contributed by atoms with van der Waals surface area (Å²) < 4.78 is 27.7. The average molecular weight is 461 g/mol. The SMILES string of the molecule is C=CCN(Cc1ccc(Cl)s1)C(=O)c1ccc(S(=O)(=O)N(C)c2ccccc2)cc1. The number of nitrogens with zero attached hydrogens (tertiary/aromatic N) is 2. The van der Waals surface area contributed by atoms with Crippen molar-refractivity contribution in [1.29, 1.82) is 0 Å². The molecule has 0 spiro atoms. The number of amides is 1. The third kappa shape index (κ3) is 4.92. The summed E-state index contributed by atoms with van der Waals surface area (Å²) >= 11 is 7.40. The van der Waals surface area contributed by atoms with Gasteiger partial charge in [-0.15, -0.1) is 17.9 Å². The van der Waals surface area contributed by atoms with Gasteiger partial charge < -0.3 is 4.90 Å². The summed E-state index contributed by atoms with van der Waals surface area (Å²) in [5, 5.41) is 0. The van der Waals surface area contributed by atoms with Gasteiger partial charge in [-0.1, -0.05) is 35.9 Å². The van der Waals surface area contributed by atoms with E-state index >= 15 is 0 Å². The molecule has 0 aliphatic rings. The molecule has 1 amide bonds. The first-order valence-corrected chi connectivity index (χ1v) is 11.7. The molecule has 5 nitrogen and oxygen atoms in total. The zero-order valence-electron chi connectivity index (χ0n) is 16.4. The fraction of sp³-hybridized carbons (Fsp3) is 0.136. The molecule has 156 valence electrons. The third-order valence-corrected chi connectivity index (χ3v) is 7.51. The van der Waals surface area contributed by atoms with Crippen molar-refractivity contribution in [2.75, 3.05) is 17.9 Å². The molecule has 0 atom stereocenters. The highest BCUT2D eigenvalue weighted by atomic mass is 35.5. The summed E-state index contributed by atoms with van der Waals surface area (Å²) in [6.07, 6.45) is 1.65. The lowest BCUT2D eigenvalue weighted by molar-refractivity contribution is 0.0764. The molecule has 2 aromatic carbocycles. The highest BCUT2D eigenvalue weighted by Gasteiger charge is 2.22. The molecule has 0 aliphatic heterocycles. The minimum absolute atomic E-state index is 0.116. The monoisotopic (exact) mass is 460 g/mol. The molecule has 0 fully saturated rings. The van der Waals surface area contributed by atoms with Crippen LogP contribution in [0.2, 0.25) is 4.34 Å². The smallest absolute Gasteiger partial charge is 0.264 e. The minimum Gasteiger partial charge on any atom is -0.330 e. The van der Waals surface area contributed by atoms with E-state index < -0.39 is 10.0 Å². The van der Waals surface area contributed by atoms with Crippen LogP contribution < -0.4 is 4.31 Å². The van der Waals surface area contributed by atoms with E-state index in [0.717, 1.165) is 4.88 Å². The van der Waals surface area contributed by atoms with E-state index in [2.05, 4.69) is 6.58 Å². The Labute approximate surface area is 185 Å². The van der Waals surface area contributed by atoms with Crippen molar-refractivity contribution < 1.29 is 13.2 Å². The Balaban J connectivity index is 1.81. The van der Waals surface area contributed by atoms with E-state index in [0.29, 0.717) is 28.7 Å². The third-order valence-electron chi connectivity index (χ3n) is 4.49. The molecule has 0 N–H and O–H groups in total. The van der Waals surface area contributed by atoms with Crippen LogP contribution in [0.4, 0.5) is 5.69 Å². The van der Waals surface area contributed by atoms with Crippen molar-refractivity contribution >= 4 is 44.6 Å². The van der Waals surface area contributed by atoms with Crippen LogP contribution in [0, 0.1) is 0 Å². The number of rotatable bonds is 8. The van der Waals surface area contributed by atoms with Crippen molar-refractivity contribution in [3.8, 4) is 0 Å². The molecule has 0 saturated heterocycles. The number of carbonyl (C=O) groups excluding carboxylic acids is 1. The van der Waals surface area contributed by atoms with Crippen LogP contribution in [-0.4, -0.2) is 32.8 Å². The van der Waals surface area contributed by atoms with E-state index in [9.17, 15) is 13.2 Å². The Bertz CT molecular complexity index is 1130. The quantitative estimate of drug-likeness (QED) is 0.442. The maximum absolute atomic E-state index is 13.0. The second kappa shape index (κ2) is 9.47. The normalized spacial score (nSPS) is 11.1. The van der Waals surface area contributed by atoms with Crippen LogP contribution in [0.1, 0.15) is 15.2 Å². The Morgan fingerprint density at radius 2 is 1.73 bits per heavy atom. The van der Waals surface area contributed by atoms with Crippen LogP contribution in [0.3, 0.4) is 0 Å². The number of para-hydroxylation sites is 1. The van der Waals surface area contributed by atoms with Gasteiger partial charge in [0.2, 0.25) is 0 Å². The van der Waals surface area contributed by atoms with Gasteiger partial charge in [0.15, 0.2) is 0 Å². The molecule has 30 heavy (non-hydrogen) atoms. The largest absolute Gasteiger partial charge is 0.330 e. The highest BCUT2D eigenvalue weighted by molar-refractivity contribution is 7.92. The maximum Gasteiger partial charge on any atom is 0.264 e. The second-order valence-corrected chi connectivity index (χ2v) is 10.3. The topological polar surface area (TPSA) is 57.7 Å². The molecule has 3 aromatic rings. The first-order valence-electron chi connectivity index (χ1n) is 9.11. The Hall–Kier alpha value is -2.61. The molecule has 1 aromatic heterocycles. The van der Waals surface area contributed by atoms with E-state index in [4.69, 9.17) is 11.6 Å². The van der Waals surface area contributed by atoms with E-state index in [1.807, 2.05) is 12.1 Å². The number of sulfonamides is 1. The predicted molar refractivity (Wildman–Crippen MR) is 123 cm³/mol. The van der Waals surface area contributed by atoms with Crippen molar-refractivity contribution in [2.45, 2.75) is 11.4 Å². The van der Waals surface area contributed by atoms with Crippen molar-refractivity contribution in [3.05, 3.63) is 94.2 Å². The van der Waals surface area contributed by atoms with E-state index in [-0.39, 0.29) is 10.8 Å². The highest BCUT2D eigenvalue weighted by Crippen LogP contribution is 2.25.